The summed E-state index contributed by atoms with van der Waals surface area (Å²) in [7, 11) is 0. The van der Waals surface area contributed by atoms with Gasteiger partial charge in [-0.25, -0.2) is 0 Å². The normalized spacial score (nSPS) is 11.5. The van der Waals surface area contributed by atoms with Crippen LogP contribution in [0, 0.1) is 0 Å². The van der Waals surface area contributed by atoms with Gasteiger partial charge in [-0.15, -0.1) is 0 Å². The molecule has 0 aliphatic rings. The van der Waals surface area contributed by atoms with Crippen molar-refractivity contribution in [3.8, 4) is 5.75 Å². The first-order valence-electron chi connectivity index (χ1n) is 40.0. The Hall–Kier alpha value is -2.04. The van der Waals surface area contributed by atoms with Crippen molar-refractivity contribution in [1.29, 1.82) is 0 Å². The van der Waals surface area contributed by atoms with Crippen molar-refractivity contribution in [1.82, 2.24) is 10.6 Å². The van der Waals surface area contributed by atoms with E-state index in [-0.39, 0.29) is 11.8 Å². The maximum atomic E-state index is 13.6. The van der Waals surface area contributed by atoms with Crippen molar-refractivity contribution in [2.75, 3.05) is 19.7 Å². The maximum absolute atomic E-state index is 13.6. The van der Waals surface area contributed by atoms with E-state index in [1.54, 1.807) is 0 Å². The molecule has 2 N–H and O–H groups in total. The minimum atomic E-state index is -0.0899. The zero-order valence-electron chi connectivity index (χ0n) is 59.0. The van der Waals surface area contributed by atoms with Crippen molar-refractivity contribution in [2.45, 2.75) is 451 Å². The highest BCUT2D eigenvalue weighted by Gasteiger charge is 2.16. The molecule has 5 heteroatoms. The summed E-state index contributed by atoms with van der Waals surface area (Å²) in [4.78, 5) is 26.9. The smallest absolute Gasteiger partial charge is 0.255 e. The average Bonchev–Trinajstić information content (AvgIpc) is 3.29. The molecule has 0 aliphatic heterocycles. The van der Waals surface area contributed by atoms with E-state index in [4.69, 9.17) is 4.74 Å². The van der Waals surface area contributed by atoms with Gasteiger partial charge in [0.25, 0.3) is 11.8 Å². The highest BCUT2D eigenvalue weighted by Crippen LogP contribution is 2.24. The lowest BCUT2D eigenvalue weighted by Crippen LogP contribution is -2.26. The molecule has 0 fully saturated rings. The van der Waals surface area contributed by atoms with Crippen LogP contribution in [0.15, 0.2) is 18.2 Å². The van der Waals surface area contributed by atoms with Crippen LogP contribution < -0.4 is 15.4 Å². The first-order valence-corrected chi connectivity index (χ1v) is 40.0. The topological polar surface area (TPSA) is 67.4 Å². The van der Waals surface area contributed by atoms with Gasteiger partial charge < -0.3 is 15.4 Å². The van der Waals surface area contributed by atoms with Gasteiger partial charge in [0, 0.05) is 18.7 Å². The zero-order chi connectivity index (χ0) is 61.6. The second kappa shape index (κ2) is 70.4. The van der Waals surface area contributed by atoms with Crippen LogP contribution in [0.1, 0.15) is 472 Å². The molecule has 0 radical (unpaired) electrons. The number of nitrogens with one attached hydrogen (secondary N) is 2. The second-order valence-corrected chi connectivity index (χ2v) is 27.7. The van der Waals surface area contributed by atoms with Crippen LogP contribution >= 0.6 is 0 Å². The van der Waals surface area contributed by atoms with Crippen molar-refractivity contribution in [3.63, 3.8) is 0 Å². The van der Waals surface area contributed by atoms with E-state index in [9.17, 15) is 9.59 Å². The van der Waals surface area contributed by atoms with Crippen molar-refractivity contribution < 1.29 is 14.3 Å². The SMILES string of the molecule is CCCCCCCCCCCCCCCCCCCCCCCCCCCCCNC(=O)c1ccc(C(=O)NCCCCCCCCCCCCCCCCCCCCCCCCCCCCC)c(OCCCCCCCCCCCCCCC)c1. The quantitative estimate of drug-likeness (QED) is 0.0639. The van der Waals surface area contributed by atoms with E-state index >= 15 is 0 Å². The Kier molecular flexibility index (Phi) is 67.1. The zero-order valence-corrected chi connectivity index (χ0v) is 59.0. The number of hydrogen-bond acceptors (Lipinski definition) is 3. The molecule has 1 aromatic rings. The van der Waals surface area contributed by atoms with Crippen LogP contribution in [-0.4, -0.2) is 31.5 Å². The lowest BCUT2D eigenvalue weighted by molar-refractivity contribution is 0.0937. The van der Waals surface area contributed by atoms with Gasteiger partial charge in [0.1, 0.15) is 5.75 Å². The number of benzene rings is 1. The third-order valence-corrected chi connectivity index (χ3v) is 19.1. The minimum absolute atomic E-state index is 0.0710. The van der Waals surface area contributed by atoms with Crippen LogP contribution in [0.2, 0.25) is 0 Å². The summed E-state index contributed by atoms with van der Waals surface area (Å²) in [5.74, 6) is 0.385. The Morgan fingerprint density at radius 3 is 0.686 bits per heavy atom. The summed E-state index contributed by atoms with van der Waals surface area (Å²) in [5, 5.41) is 6.35. The van der Waals surface area contributed by atoms with Gasteiger partial charge in [-0.3, -0.25) is 9.59 Å². The molecular formula is C81H154N2O3. The van der Waals surface area contributed by atoms with E-state index < -0.39 is 0 Å². The number of amides is 2. The Morgan fingerprint density at radius 2 is 0.453 bits per heavy atom. The summed E-state index contributed by atoms with van der Waals surface area (Å²) in [6.45, 7) is 8.84. The van der Waals surface area contributed by atoms with Crippen molar-refractivity contribution in [2.24, 2.45) is 0 Å². The number of hydrogen-bond donors (Lipinski definition) is 2. The highest BCUT2D eigenvalue weighted by atomic mass is 16.5. The first kappa shape index (κ1) is 82.0. The predicted octanol–water partition coefficient (Wildman–Crippen LogP) is 27.7. The van der Waals surface area contributed by atoms with Crippen molar-refractivity contribution >= 4 is 11.8 Å². The molecule has 0 aromatic heterocycles. The van der Waals surface area contributed by atoms with Crippen LogP contribution in [0.3, 0.4) is 0 Å². The molecule has 0 saturated heterocycles. The molecule has 0 saturated carbocycles. The number of unbranched alkanes of at least 4 members (excludes halogenated alkanes) is 64. The molecule has 1 aromatic carbocycles. The van der Waals surface area contributed by atoms with Gasteiger partial charge in [-0.1, -0.05) is 432 Å². The van der Waals surface area contributed by atoms with Crippen LogP contribution in [0.5, 0.6) is 5.75 Å². The minimum Gasteiger partial charge on any atom is -0.493 e. The van der Waals surface area contributed by atoms with Crippen LogP contribution in [-0.2, 0) is 0 Å². The fourth-order valence-corrected chi connectivity index (χ4v) is 13.1. The lowest BCUT2D eigenvalue weighted by Gasteiger charge is -2.14. The molecule has 0 spiro atoms. The summed E-state index contributed by atoms with van der Waals surface area (Å²) < 4.78 is 6.34. The van der Waals surface area contributed by atoms with E-state index in [0.717, 1.165) is 38.5 Å². The molecule has 86 heavy (non-hydrogen) atoms. The fourth-order valence-electron chi connectivity index (χ4n) is 13.1. The fraction of sp³-hybridized carbons (Fsp3) is 0.901. The molecule has 0 heterocycles. The molecule has 0 unspecified atom stereocenters. The molecule has 2 amide bonds. The Balaban J connectivity index is 2.20. The van der Waals surface area contributed by atoms with Gasteiger partial charge in [0.05, 0.1) is 12.2 Å². The molecule has 0 aliphatic carbocycles. The van der Waals surface area contributed by atoms with E-state index in [2.05, 4.69) is 31.4 Å². The molecule has 1 rings (SSSR count). The second-order valence-electron chi connectivity index (χ2n) is 27.7. The van der Waals surface area contributed by atoms with Gasteiger partial charge in [-0.2, -0.15) is 0 Å². The summed E-state index contributed by atoms with van der Waals surface area (Å²) in [6.07, 6.45) is 92.4. The molecule has 506 valence electrons. The maximum Gasteiger partial charge on any atom is 0.255 e. The Morgan fingerprint density at radius 1 is 0.256 bits per heavy atom. The molecular weight excluding hydrogens is 1050 g/mol. The predicted molar refractivity (Wildman–Crippen MR) is 383 cm³/mol. The van der Waals surface area contributed by atoms with Gasteiger partial charge in [0.2, 0.25) is 0 Å². The van der Waals surface area contributed by atoms with Crippen LogP contribution in [0.25, 0.3) is 0 Å². The van der Waals surface area contributed by atoms with Gasteiger partial charge in [0.15, 0.2) is 0 Å². The monoisotopic (exact) mass is 1200 g/mol. The van der Waals surface area contributed by atoms with E-state index in [1.807, 2.05) is 18.2 Å². The Bertz CT molecular complexity index is 1490. The summed E-state index contributed by atoms with van der Waals surface area (Å²) in [6, 6.07) is 5.44. The van der Waals surface area contributed by atoms with Crippen molar-refractivity contribution in [3.05, 3.63) is 29.3 Å². The number of rotatable bonds is 73. The first-order chi connectivity index (χ1) is 42.6. The average molecular weight is 1200 g/mol. The lowest BCUT2D eigenvalue weighted by atomic mass is 10.0. The molecule has 0 atom stereocenters. The number of ether oxygens (including phenoxy) is 1. The Labute approximate surface area is 539 Å². The third kappa shape index (κ3) is 59.6. The van der Waals surface area contributed by atoms with Gasteiger partial charge in [-0.05, 0) is 37.5 Å². The molecule has 5 nitrogen and oxygen atoms in total. The summed E-state index contributed by atoms with van der Waals surface area (Å²) in [5.41, 5.74) is 1.13. The number of carbonyl (C=O) groups excluding carboxylic acids is 2. The number of carbonyl (C=O) groups is 2. The third-order valence-electron chi connectivity index (χ3n) is 19.1. The molecule has 0 bridgehead atoms. The van der Waals surface area contributed by atoms with E-state index in [1.165, 1.54) is 392 Å². The largest absolute Gasteiger partial charge is 0.493 e. The summed E-state index contributed by atoms with van der Waals surface area (Å²) >= 11 is 0. The van der Waals surface area contributed by atoms with E-state index in [0.29, 0.717) is 36.6 Å². The highest BCUT2D eigenvalue weighted by molar-refractivity contribution is 6.00. The van der Waals surface area contributed by atoms with Crippen LogP contribution in [0.4, 0.5) is 0 Å². The van der Waals surface area contributed by atoms with Gasteiger partial charge >= 0.3 is 0 Å². The standard InChI is InChI=1S/C81H154N2O3/c1-4-7-10-13-16-19-22-25-27-29-31-33-35-37-39-41-43-45-47-49-51-53-56-59-62-65-68-73-82-80(84)77-71-72-78(79(76-77)86-75-70-67-64-61-58-55-24-21-18-15-12-9-6-3)81(85)83-74-69-66-63-60-57-54-52-50-48-46-44-42-40-38-36-34-32-30-28-26-23-20-17-14-11-8-5-2/h71-72,76H,4-70,73-75H2,1-3H3,(H,82,84)(H,83,85).